The Morgan fingerprint density at radius 1 is 1.38 bits per heavy atom. The number of hydrogen-bond acceptors (Lipinski definition) is 5. The lowest BCUT2D eigenvalue weighted by molar-refractivity contribution is -0.384. The number of aromatic hydroxyl groups is 1. The second-order valence-corrected chi connectivity index (χ2v) is 6.15. The molecule has 0 spiro atoms. The zero-order valence-corrected chi connectivity index (χ0v) is 10.1. The molecule has 2 rings (SSSR count). The van der Waals surface area contributed by atoms with Gasteiger partial charge >= 0.3 is 0 Å². The lowest BCUT2D eigenvalue weighted by Crippen LogP contribution is -2.01. The van der Waals surface area contributed by atoms with Crippen molar-refractivity contribution in [1.29, 1.82) is 0 Å². The van der Waals surface area contributed by atoms with E-state index in [0.29, 0.717) is 5.56 Å². The van der Waals surface area contributed by atoms with Gasteiger partial charge in [0, 0.05) is 17.7 Å². The minimum Gasteiger partial charge on any atom is -0.508 e. The van der Waals surface area contributed by atoms with Gasteiger partial charge in [-0.3, -0.25) is 10.1 Å². The summed E-state index contributed by atoms with van der Waals surface area (Å²) in [6.07, 6.45) is 1.15. The Hall–Kier alpha value is -0.880. The highest BCUT2D eigenvalue weighted by Crippen LogP contribution is 2.47. The third kappa shape index (κ3) is 2.44. The summed E-state index contributed by atoms with van der Waals surface area (Å²) in [6.45, 7) is 0. The van der Waals surface area contributed by atoms with Crippen LogP contribution in [0.3, 0.4) is 0 Å². The third-order valence-electron chi connectivity index (χ3n) is 2.30. The van der Waals surface area contributed by atoms with Gasteiger partial charge in [-0.05, 0) is 24.0 Å². The van der Waals surface area contributed by atoms with Crippen molar-refractivity contribution in [3.05, 3.63) is 33.9 Å². The minimum absolute atomic E-state index is 0.0413. The van der Waals surface area contributed by atoms with Crippen LogP contribution in [0.5, 0.6) is 5.75 Å². The van der Waals surface area contributed by atoms with Crippen molar-refractivity contribution in [2.45, 2.75) is 11.0 Å². The number of non-ortho nitro benzene ring substituents is 1. The highest BCUT2D eigenvalue weighted by molar-refractivity contribution is 8.16. The molecular formula is C10H11NO3S2. The number of hydrogen-bond donors (Lipinski definition) is 1. The first-order valence-electron chi connectivity index (χ1n) is 4.89. The van der Waals surface area contributed by atoms with Crippen molar-refractivity contribution in [3.63, 3.8) is 0 Å². The topological polar surface area (TPSA) is 63.4 Å². The fourth-order valence-corrected chi connectivity index (χ4v) is 4.44. The van der Waals surface area contributed by atoms with Crippen LogP contribution in [0.25, 0.3) is 0 Å². The van der Waals surface area contributed by atoms with Gasteiger partial charge in [-0.15, -0.1) is 23.5 Å². The van der Waals surface area contributed by atoms with E-state index in [1.54, 1.807) is 23.5 Å². The van der Waals surface area contributed by atoms with E-state index in [9.17, 15) is 15.2 Å². The van der Waals surface area contributed by atoms with E-state index < -0.39 is 4.92 Å². The van der Waals surface area contributed by atoms with Crippen LogP contribution in [0.1, 0.15) is 16.6 Å². The molecule has 1 aliphatic rings. The average molecular weight is 257 g/mol. The number of phenols is 1. The monoisotopic (exact) mass is 257 g/mol. The van der Waals surface area contributed by atoms with Crippen molar-refractivity contribution in [2.75, 3.05) is 11.5 Å². The molecule has 6 heteroatoms. The first-order valence-corrected chi connectivity index (χ1v) is 6.99. The van der Waals surface area contributed by atoms with Crippen LogP contribution in [0.2, 0.25) is 0 Å². The molecule has 0 atom stereocenters. The molecule has 0 bridgehead atoms. The van der Waals surface area contributed by atoms with Crippen LogP contribution in [0, 0.1) is 10.1 Å². The Morgan fingerprint density at radius 3 is 2.69 bits per heavy atom. The first kappa shape index (κ1) is 11.6. The molecule has 1 aliphatic heterocycles. The van der Waals surface area contributed by atoms with Gasteiger partial charge in [0.2, 0.25) is 0 Å². The molecule has 16 heavy (non-hydrogen) atoms. The van der Waals surface area contributed by atoms with Gasteiger partial charge < -0.3 is 5.11 Å². The number of rotatable bonds is 2. The van der Waals surface area contributed by atoms with Gasteiger partial charge in [-0.2, -0.15) is 0 Å². The van der Waals surface area contributed by atoms with E-state index in [0.717, 1.165) is 17.9 Å². The smallest absolute Gasteiger partial charge is 0.270 e. The van der Waals surface area contributed by atoms with Gasteiger partial charge in [0.15, 0.2) is 0 Å². The Kier molecular flexibility index (Phi) is 3.60. The fraction of sp³-hybridized carbons (Fsp3) is 0.400. The Bertz CT molecular complexity index is 405. The summed E-state index contributed by atoms with van der Waals surface area (Å²) >= 11 is 3.46. The summed E-state index contributed by atoms with van der Waals surface area (Å²) in [5.41, 5.74) is 0.712. The maximum atomic E-state index is 10.7. The molecule has 0 radical (unpaired) electrons. The lowest BCUT2D eigenvalue weighted by atomic mass is 10.2. The average Bonchev–Trinajstić information content (AvgIpc) is 2.30. The SMILES string of the molecule is O=[N+]([O-])c1ccc(O)c(C2SCCCS2)c1. The molecule has 0 unspecified atom stereocenters. The zero-order valence-electron chi connectivity index (χ0n) is 8.46. The van der Waals surface area contributed by atoms with Crippen molar-refractivity contribution < 1.29 is 10.0 Å². The number of benzene rings is 1. The molecule has 0 aliphatic carbocycles. The predicted octanol–water partition coefficient (Wildman–Crippen LogP) is 3.17. The summed E-state index contributed by atoms with van der Waals surface area (Å²) in [4.78, 5) is 10.2. The van der Waals surface area contributed by atoms with Crippen molar-refractivity contribution in [3.8, 4) is 5.75 Å². The summed E-state index contributed by atoms with van der Waals surface area (Å²) in [5, 5.41) is 20.4. The number of nitro groups is 1. The van der Waals surface area contributed by atoms with Gasteiger partial charge in [-0.1, -0.05) is 0 Å². The molecule has 0 aromatic heterocycles. The van der Waals surface area contributed by atoms with Crippen molar-refractivity contribution in [2.24, 2.45) is 0 Å². The Balaban J connectivity index is 2.30. The van der Waals surface area contributed by atoms with Gasteiger partial charge in [0.1, 0.15) is 5.75 Å². The van der Waals surface area contributed by atoms with E-state index in [1.807, 2.05) is 0 Å². The van der Waals surface area contributed by atoms with E-state index in [2.05, 4.69) is 0 Å². The number of phenolic OH excluding ortho intramolecular Hbond substituents is 1. The highest BCUT2D eigenvalue weighted by atomic mass is 32.2. The molecule has 1 N–H and O–H groups in total. The summed E-state index contributed by atoms with van der Waals surface area (Å²) in [5.74, 6) is 2.23. The Labute approximate surface area is 102 Å². The maximum Gasteiger partial charge on any atom is 0.270 e. The van der Waals surface area contributed by atoms with E-state index in [-0.39, 0.29) is 16.0 Å². The second kappa shape index (κ2) is 4.97. The van der Waals surface area contributed by atoms with Gasteiger partial charge in [0.25, 0.3) is 5.69 Å². The normalized spacial score (nSPS) is 17.2. The van der Waals surface area contributed by atoms with Crippen LogP contribution in [0.4, 0.5) is 5.69 Å². The zero-order chi connectivity index (χ0) is 11.5. The van der Waals surface area contributed by atoms with Crippen molar-refractivity contribution >= 4 is 29.2 Å². The molecule has 1 aromatic carbocycles. The largest absolute Gasteiger partial charge is 0.508 e. The van der Waals surface area contributed by atoms with Crippen LogP contribution >= 0.6 is 23.5 Å². The van der Waals surface area contributed by atoms with E-state index in [1.165, 1.54) is 18.2 Å². The first-order chi connectivity index (χ1) is 7.68. The van der Waals surface area contributed by atoms with Crippen LogP contribution < -0.4 is 0 Å². The minimum atomic E-state index is -0.429. The fourth-order valence-electron chi connectivity index (χ4n) is 1.51. The van der Waals surface area contributed by atoms with Gasteiger partial charge in [-0.25, -0.2) is 0 Å². The number of nitrogens with zero attached hydrogens (tertiary/aromatic N) is 1. The molecule has 4 nitrogen and oxygen atoms in total. The number of nitro benzene ring substituents is 1. The van der Waals surface area contributed by atoms with Gasteiger partial charge in [0.05, 0.1) is 9.51 Å². The molecule has 1 saturated heterocycles. The summed E-state index contributed by atoms with van der Waals surface area (Å²) in [7, 11) is 0. The van der Waals surface area contributed by atoms with Crippen LogP contribution in [0.15, 0.2) is 18.2 Å². The van der Waals surface area contributed by atoms with Crippen molar-refractivity contribution in [1.82, 2.24) is 0 Å². The highest BCUT2D eigenvalue weighted by Gasteiger charge is 2.22. The predicted molar refractivity (Wildman–Crippen MR) is 67.0 cm³/mol. The quantitative estimate of drug-likeness (QED) is 0.651. The third-order valence-corrected chi connectivity index (χ3v) is 5.28. The van der Waals surface area contributed by atoms with E-state index >= 15 is 0 Å². The molecule has 1 fully saturated rings. The van der Waals surface area contributed by atoms with Crippen LogP contribution in [-0.2, 0) is 0 Å². The molecule has 0 saturated carbocycles. The lowest BCUT2D eigenvalue weighted by Gasteiger charge is -2.21. The molecular weight excluding hydrogens is 246 g/mol. The number of thioether (sulfide) groups is 2. The maximum absolute atomic E-state index is 10.7. The van der Waals surface area contributed by atoms with E-state index in [4.69, 9.17) is 0 Å². The summed E-state index contributed by atoms with van der Waals surface area (Å²) in [6, 6.07) is 4.21. The van der Waals surface area contributed by atoms with Crippen LogP contribution in [-0.4, -0.2) is 21.5 Å². The molecule has 1 aromatic rings. The molecule has 0 amide bonds. The second-order valence-electron chi connectivity index (χ2n) is 3.43. The molecule has 86 valence electrons. The summed E-state index contributed by atoms with van der Waals surface area (Å²) < 4.78 is 0.119. The molecule has 1 heterocycles. The Morgan fingerprint density at radius 2 is 2.06 bits per heavy atom. The standard InChI is InChI=1S/C10H11NO3S2/c12-9-3-2-7(11(13)14)6-8(9)10-15-4-1-5-16-10/h2-3,6,10,12H,1,4-5H2.